The lowest BCUT2D eigenvalue weighted by Gasteiger charge is -2.02. The van der Waals surface area contributed by atoms with Gasteiger partial charge >= 0.3 is 0 Å². The van der Waals surface area contributed by atoms with E-state index in [9.17, 15) is 4.39 Å². The van der Waals surface area contributed by atoms with Crippen molar-refractivity contribution in [3.63, 3.8) is 0 Å². The second kappa shape index (κ2) is 4.41. The van der Waals surface area contributed by atoms with Crippen LogP contribution in [0.1, 0.15) is 18.4 Å². The van der Waals surface area contributed by atoms with Crippen LogP contribution in [0, 0.1) is 17.1 Å². The van der Waals surface area contributed by atoms with Crippen molar-refractivity contribution in [2.24, 2.45) is 0 Å². The summed E-state index contributed by atoms with van der Waals surface area (Å²) >= 11 is 0. The van der Waals surface area contributed by atoms with Crippen molar-refractivity contribution in [1.82, 2.24) is 4.90 Å². The fourth-order valence-corrected chi connectivity index (χ4v) is 1.75. The Morgan fingerprint density at radius 2 is 2.13 bits per heavy atom. The highest BCUT2D eigenvalue weighted by Gasteiger charge is 2.32. The Labute approximate surface area is 88.9 Å². The standard InChI is InChI=1S/C12H13FN2/c13-11-5-3-10(4-6-11)8-15-9-12(15)2-1-7-14/h3-6,12H,1-2,8-9H2. The maximum Gasteiger partial charge on any atom is 0.123 e. The first kappa shape index (κ1) is 10.1. The van der Waals surface area contributed by atoms with Crippen LogP contribution in [0.2, 0.25) is 0 Å². The quantitative estimate of drug-likeness (QED) is 0.704. The molecule has 0 bridgehead atoms. The number of nitriles is 1. The number of halogens is 1. The Bertz CT molecular complexity index is 366. The average Bonchev–Trinajstić information content (AvgIpc) is 2.97. The maximum absolute atomic E-state index is 12.6. The lowest BCUT2D eigenvalue weighted by molar-refractivity contribution is 0.489. The van der Waals surface area contributed by atoms with Crippen molar-refractivity contribution in [1.29, 1.82) is 5.26 Å². The third-order valence-corrected chi connectivity index (χ3v) is 2.72. The Hall–Kier alpha value is -1.40. The molecule has 15 heavy (non-hydrogen) atoms. The van der Waals surface area contributed by atoms with E-state index in [1.165, 1.54) is 12.1 Å². The predicted octanol–water partition coefficient (Wildman–Crippen LogP) is 2.31. The summed E-state index contributed by atoms with van der Waals surface area (Å²) in [6.07, 6.45) is 1.59. The molecule has 0 radical (unpaired) electrons. The molecule has 2 rings (SSSR count). The van der Waals surface area contributed by atoms with E-state index in [-0.39, 0.29) is 5.82 Å². The highest BCUT2D eigenvalue weighted by Crippen LogP contribution is 2.24. The molecule has 1 aliphatic rings. The first-order chi connectivity index (χ1) is 7.29. The Kier molecular flexibility index (Phi) is 2.98. The van der Waals surface area contributed by atoms with Gasteiger partial charge in [0.1, 0.15) is 5.82 Å². The molecule has 1 aromatic rings. The fourth-order valence-electron chi connectivity index (χ4n) is 1.75. The predicted molar refractivity (Wildman–Crippen MR) is 55.4 cm³/mol. The zero-order valence-corrected chi connectivity index (χ0v) is 8.49. The van der Waals surface area contributed by atoms with Gasteiger partial charge in [-0.1, -0.05) is 12.1 Å². The van der Waals surface area contributed by atoms with Gasteiger partial charge in [0.2, 0.25) is 0 Å². The van der Waals surface area contributed by atoms with Crippen molar-refractivity contribution in [3.8, 4) is 6.07 Å². The number of hydrogen-bond acceptors (Lipinski definition) is 2. The smallest absolute Gasteiger partial charge is 0.123 e. The molecule has 2 unspecified atom stereocenters. The van der Waals surface area contributed by atoms with Gasteiger partial charge in [-0.15, -0.1) is 0 Å². The molecular formula is C12H13FN2. The molecular weight excluding hydrogens is 191 g/mol. The first-order valence-corrected chi connectivity index (χ1v) is 5.15. The minimum atomic E-state index is -0.189. The topological polar surface area (TPSA) is 26.8 Å². The van der Waals surface area contributed by atoms with Crippen molar-refractivity contribution in [3.05, 3.63) is 35.6 Å². The van der Waals surface area contributed by atoms with E-state index in [0.29, 0.717) is 12.5 Å². The first-order valence-electron chi connectivity index (χ1n) is 5.15. The maximum atomic E-state index is 12.6. The average molecular weight is 204 g/mol. The molecule has 1 heterocycles. The van der Waals surface area contributed by atoms with Crippen molar-refractivity contribution in [2.45, 2.75) is 25.4 Å². The van der Waals surface area contributed by atoms with Crippen LogP contribution in [0.4, 0.5) is 4.39 Å². The van der Waals surface area contributed by atoms with E-state index in [1.54, 1.807) is 0 Å². The summed E-state index contributed by atoms with van der Waals surface area (Å²) in [4.78, 5) is 2.30. The van der Waals surface area contributed by atoms with Crippen molar-refractivity contribution in [2.75, 3.05) is 6.54 Å². The molecule has 0 amide bonds. The number of benzene rings is 1. The van der Waals surface area contributed by atoms with Gasteiger partial charge < -0.3 is 0 Å². The highest BCUT2D eigenvalue weighted by molar-refractivity contribution is 5.17. The molecule has 1 fully saturated rings. The normalized spacial score (nSPS) is 23.5. The molecule has 78 valence electrons. The van der Waals surface area contributed by atoms with Crippen LogP contribution in [-0.4, -0.2) is 17.5 Å². The Morgan fingerprint density at radius 3 is 2.80 bits per heavy atom. The van der Waals surface area contributed by atoms with E-state index < -0.39 is 0 Å². The molecule has 2 atom stereocenters. The van der Waals surface area contributed by atoms with E-state index in [4.69, 9.17) is 5.26 Å². The van der Waals surface area contributed by atoms with Gasteiger partial charge in [-0.3, -0.25) is 4.90 Å². The van der Waals surface area contributed by atoms with E-state index in [0.717, 1.165) is 25.1 Å². The molecule has 1 aromatic carbocycles. The minimum Gasteiger partial charge on any atom is -0.293 e. The van der Waals surface area contributed by atoms with Crippen LogP contribution < -0.4 is 0 Å². The monoisotopic (exact) mass is 204 g/mol. The van der Waals surface area contributed by atoms with E-state index >= 15 is 0 Å². The Morgan fingerprint density at radius 1 is 1.40 bits per heavy atom. The molecule has 3 heteroatoms. The lowest BCUT2D eigenvalue weighted by Crippen LogP contribution is -2.01. The molecule has 1 saturated heterocycles. The SMILES string of the molecule is N#CCCC1CN1Cc1ccc(F)cc1. The van der Waals surface area contributed by atoms with Crippen LogP contribution in [0.15, 0.2) is 24.3 Å². The second-order valence-corrected chi connectivity index (χ2v) is 3.91. The summed E-state index contributed by atoms with van der Waals surface area (Å²) in [5, 5.41) is 8.44. The molecule has 0 aliphatic carbocycles. The summed E-state index contributed by atoms with van der Waals surface area (Å²) in [7, 11) is 0. The molecule has 0 N–H and O–H groups in total. The van der Waals surface area contributed by atoms with Gasteiger partial charge in [0.15, 0.2) is 0 Å². The third-order valence-electron chi connectivity index (χ3n) is 2.72. The fraction of sp³-hybridized carbons (Fsp3) is 0.417. The van der Waals surface area contributed by atoms with Gasteiger partial charge in [0, 0.05) is 25.6 Å². The van der Waals surface area contributed by atoms with Gasteiger partial charge in [0.05, 0.1) is 6.07 Å². The molecule has 1 aliphatic heterocycles. The lowest BCUT2D eigenvalue weighted by atomic mass is 10.2. The van der Waals surface area contributed by atoms with Crippen LogP contribution in [-0.2, 0) is 6.54 Å². The number of hydrogen-bond donors (Lipinski definition) is 0. The van der Waals surface area contributed by atoms with E-state index in [1.807, 2.05) is 12.1 Å². The highest BCUT2D eigenvalue weighted by atomic mass is 19.1. The van der Waals surface area contributed by atoms with Gasteiger partial charge in [-0.25, -0.2) is 4.39 Å². The second-order valence-electron chi connectivity index (χ2n) is 3.91. The minimum absolute atomic E-state index is 0.189. The Balaban J connectivity index is 1.80. The van der Waals surface area contributed by atoms with Gasteiger partial charge in [-0.05, 0) is 24.1 Å². The van der Waals surface area contributed by atoms with Crippen molar-refractivity contribution < 1.29 is 4.39 Å². The summed E-state index contributed by atoms with van der Waals surface area (Å²) in [6.45, 7) is 1.94. The summed E-state index contributed by atoms with van der Waals surface area (Å²) in [5.41, 5.74) is 1.14. The molecule has 0 saturated carbocycles. The van der Waals surface area contributed by atoms with Crippen LogP contribution in [0.5, 0.6) is 0 Å². The molecule has 0 aromatic heterocycles. The van der Waals surface area contributed by atoms with Gasteiger partial charge in [0.25, 0.3) is 0 Å². The van der Waals surface area contributed by atoms with Crippen LogP contribution in [0.25, 0.3) is 0 Å². The summed E-state index contributed by atoms with van der Waals surface area (Å²) in [5.74, 6) is -0.189. The number of nitrogens with zero attached hydrogens (tertiary/aromatic N) is 2. The zero-order chi connectivity index (χ0) is 10.7. The summed E-state index contributed by atoms with van der Waals surface area (Å²) < 4.78 is 12.6. The molecule has 2 nitrogen and oxygen atoms in total. The van der Waals surface area contributed by atoms with Gasteiger partial charge in [-0.2, -0.15) is 5.26 Å². The van der Waals surface area contributed by atoms with E-state index in [2.05, 4.69) is 11.0 Å². The molecule has 0 spiro atoms. The third kappa shape index (κ3) is 2.77. The summed E-state index contributed by atoms with van der Waals surface area (Å²) in [6, 6.07) is 9.33. The largest absolute Gasteiger partial charge is 0.293 e. The number of rotatable bonds is 4. The zero-order valence-electron chi connectivity index (χ0n) is 8.49. The van der Waals surface area contributed by atoms with Crippen molar-refractivity contribution >= 4 is 0 Å². The van der Waals surface area contributed by atoms with Crippen LogP contribution in [0.3, 0.4) is 0 Å². The van der Waals surface area contributed by atoms with Crippen LogP contribution >= 0.6 is 0 Å².